The lowest BCUT2D eigenvalue weighted by Gasteiger charge is -1.99. The number of hydrogen-bond acceptors (Lipinski definition) is 3. The molecule has 0 radical (unpaired) electrons. The van der Waals surface area contributed by atoms with Crippen molar-refractivity contribution in [1.82, 2.24) is 4.98 Å². The zero-order valence-corrected chi connectivity index (χ0v) is 6.52. The van der Waals surface area contributed by atoms with Gasteiger partial charge < -0.3 is 5.43 Å². The molecule has 0 saturated heterocycles. The predicted octanol–water partition coefficient (Wildman–Crippen LogP) is 1.27. The van der Waals surface area contributed by atoms with Crippen LogP contribution in [0.5, 0.6) is 0 Å². The van der Waals surface area contributed by atoms with Crippen molar-refractivity contribution < 1.29 is 4.39 Å². The average molecular weight is 206 g/mol. The number of nitrogens with one attached hydrogen (secondary N) is 1. The fourth-order valence-electron chi connectivity index (χ4n) is 0.521. The highest BCUT2D eigenvalue weighted by atomic mass is 79.9. The standard InChI is InChI=1S/C5H5BrFN3/c6-4-1-3(7)2-9-5(4)10-8/h1-2H,8H2,(H,9,10). The van der Waals surface area contributed by atoms with Gasteiger partial charge in [0.2, 0.25) is 0 Å². The van der Waals surface area contributed by atoms with Crippen LogP contribution < -0.4 is 11.3 Å². The Bertz CT molecular complexity index is 240. The zero-order valence-electron chi connectivity index (χ0n) is 4.94. The predicted molar refractivity (Wildman–Crippen MR) is 39.7 cm³/mol. The van der Waals surface area contributed by atoms with E-state index < -0.39 is 5.82 Å². The summed E-state index contributed by atoms with van der Waals surface area (Å²) in [4.78, 5) is 3.64. The van der Waals surface area contributed by atoms with Crippen LogP contribution in [0.1, 0.15) is 0 Å². The molecule has 5 heteroatoms. The summed E-state index contributed by atoms with van der Waals surface area (Å²) in [5.41, 5.74) is 2.30. The van der Waals surface area contributed by atoms with Gasteiger partial charge in [0.1, 0.15) is 5.82 Å². The molecular formula is C5H5BrFN3. The van der Waals surface area contributed by atoms with Gasteiger partial charge in [0.05, 0.1) is 10.7 Å². The largest absolute Gasteiger partial charge is 0.308 e. The smallest absolute Gasteiger partial charge is 0.154 e. The second-order valence-corrected chi connectivity index (χ2v) is 2.48. The van der Waals surface area contributed by atoms with Crippen molar-refractivity contribution >= 4 is 21.7 Å². The molecule has 0 aliphatic rings. The van der Waals surface area contributed by atoms with Gasteiger partial charge in [-0.3, -0.25) is 0 Å². The van der Waals surface area contributed by atoms with Gasteiger partial charge in [0.15, 0.2) is 5.82 Å². The van der Waals surface area contributed by atoms with Crippen LogP contribution >= 0.6 is 15.9 Å². The molecule has 1 aromatic rings. The third-order valence-corrected chi connectivity index (χ3v) is 1.55. The third-order valence-electron chi connectivity index (χ3n) is 0.945. The molecule has 1 aromatic heterocycles. The maximum atomic E-state index is 12.3. The molecule has 1 rings (SSSR count). The first kappa shape index (κ1) is 7.43. The fraction of sp³-hybridized carbons (Fsp3) is 0. The van der Waals surface area contributed by atoms with Gasteiger partial charge in [-0.15, -0.1) is 0 Å². The van der Waals surface area contributed by atoms with Crippen molar-refractivity contribution in [3.05, 3.63) is 22.6 Å². The number of halogens is 2. The Labute approximate surface area is 65.5 Å². The van der Waals surface area contributed by atoms with Crippen LogP contribution in [-0.2, 0) is 0 Å². The van der Waals surface area contributed by atoms with E-state index >= 15 is 0 Å². The first-order valence-electron chi connectivity index (χ1n) is 2.51. The molecule has 0 amide bonds. The molecule has 0 aliphatic heterocycles. The Morgan fingerprint density at radius 1 is 1.70 bits per heavy atom. The minimum absolute atomic E-state index is 0.397. The summed E-state index contributed by atoms with van der Waals surface area (Å²) in [7, 11) is 0. The van der Waals surface area contributed by atoms with Crippen molar-refractivity contribution in [1.29, 1.82) is 0 Å². The quantitative estimate of drug-likeness (QED) is 0.537. The number of pyridine rings is 1. The highest BCUT2D eigenvalue weighted by Gasteiger charge is 1.99. The van der Waals surface area contributed by atoms with Gasteiger partial charge in [0.25, 0.3) is 0 Å². The van der Waals surface area contributed by atoms with E-state index in [4.69, 9.17) is 5.84 Å². The molecule has 54 valence electrons. The van der Waals surface area contributed by atoms with Gasteiger partial charge in [-0.25, -0.2) is 15.2 Å². The first-order valence-corrected chi connectivity index (χ1v) is 3.31. The van der Waals surface area contributed by atoms with Gasteiger partial charge in [0, 0.05) is 0 Å². The second-order valence-electron chi connectivity index (χ2n) is 1.63. The van der Waals surface area contributed by atoms with Crippen LogP contribution in [0.25, 0.3) is 0 Å². The van der Waals surface area contributed by atoms with E-state index in [-0.39, 0.29) is 0 Å². The molecule has 0 bridgehead atoms. The molecule has 0 aromatic carbocycles. The molecule has 0 saturated carbocycles. The van der Waals surface area contributed by atoms with E-state index in [2.05, 4.69) is 26.3 Å². The lowest BCUT2D eigenvalue weighted by Crippen LogP contribution is -2.09. The summed E-state index contributed by atoms with van der Waals surface area (Å²) in [5, 5.41) is 0. The minimum Gasteiger partial charge on any atom is -0.308 e. The van der Waals surface area contributed by atoms with Crippen molar-refractivity contribution in [3.8, 4) is 0 Å². The molecule has 3 N–H and O–H groups in total. The summed E-state index contributed by atoms with van der Waals surface area (Å²) in [5.74, 6) is 5.06. The van der Waals surface area contributed by atoms with Crippen LogP contribution in [0.3, 0.4) is 0 Å². The van der Waals surface area contributed by atoms with E-state index in [9.17, 15) is 4.39 Å². The monoisotopic (exact) mass is 205 g/mol. The molecular weight excluding hydrogens is 201 g/mol. The molecule has 0 aliphatic carbocycles. The van der Waals surface area contributed by atoms with Gasteiger partial charge in [-0.1, -0.05) is 0 Å². The number of nitrogens with two attached hydrogens (primary N) is 1. The Kier molecular flexibility index (Phi) is 2.18. The molecule has 1 heterocycles. The van der Waals surface area contributed by atoms with E-state index in [1.807, 2.05) is 0 Å². The summed E-state index contributed by atoms with van der Waals surface area (Å²) in [6.07, 6.45) is 1.08. The van der Waals surface area contributed by atoms with E-state index in [1.54, 1.807) is 0 Å². The maximum Gasteiger partial charge on any atom is 0.154 e. The minimum atomic E-state index is -0.397. The number of nitrogen functional groups attached to an aromatic ring is 1. The Morgan fingerprint density at radius 2 is 2.40 bits per heavy atom. The SMILES string of the molecule is NNc1ncc(F)cc1Br. The number of hydrogen-bond donors (Lipinski definition) is 2. The fourth-order valence-corrected chi connectivity index (χ4v) is 0.956. The Balaban J connectivity index is 3.07. The van der Waals surface area contributed by atoms with Crippen molar-refractivity contribution in [2.24, 2.45) is 5.84 Å². The van der Waals surface area contributed by atoms with Gasteiger partial charge in [-0.05, 0) is 22.0 Å². The second kappa shape index (κ2) is 2.94. The summed E-state index contributed by atoms with van der Waals surface area (Å²) >= 11 is 3.06. The summed E-state index contributed by atoms with van der Waals surface area (Å²) in [6.45, 7) is 0. The molecule has 10 heavy (non-hydrogen) atoms. The molecule has 3 nitrogen and oxygen atoms in total. The van der Waals surface area contributed by atoms with Gasteiger partial charge >= 0.3 is 0 Å². The number of aromatic nitrogens is 1. The number of rotatable bonds is 1. The Hall–Kier alpha value is -0.680. The molecule has 0 unspecified atom stereocenters. The topological polar surface area (TPSA) is 50.9 Å². The highest BCUT2D eigenvalue weighted by molar-refractivity contribution is 9.10. The normalized spacial score (nSPS) is 9.50. The number of anilines is 1. The van der Waals surface area contributed by atoms with Gasteiger partial charge in [-0.2, -0.15) is 0 Å². The van der Waals surface area contributed by atoms with Crippen LogP contribution in [0.2, 0.25) is 0 Å². The molecule has 0 fully saturated rings. The van der Waals surface area contributed by atoms with Crippen molar-refractivity contribution in [2.45, 2.75) is 0 Å². The zero-order chi connectivity index (χ0) is 7.56. The van der Waals surface area contributed by atoms with Crippen LogP contribution in [-0.4, -0.2) is 4.98 Å². The molecule has 0 atom stereocenters. The molecule has 0 spiro atoms. The van der Waals surface area contributed by atoms with Crippen LogP contribution in [0.15, 0.2) is 16.7 Å². The number of hydrazine groups is 1. The summed E-state index contributed by atoms with van der Waals surface area (Å²) in [6, 6.07) is 1.28. The lowest BCUT2D eigenvalue weighted by atomic mass is 10.4. The Morgan fingerprint density at radius 3 is 2.90 bits per heavy atom. The highest BCUT2D eigenvalue weighted by Crippen LogP contribution is 2.18. The van der Waals surface area contributed by atoms with Crippen molar-refractivity contribution in [3.63, 3.8) is 0 Å². The van der Waals surface area contributed by atoms with Crippen molar-refractivity contribution in [2.75, 3.05) is 5.43 Å². The van der Waals surface area contributed by atoms with Crippen LogP contribution in [0, 0.1) is 5.82 Å². The van der Waals surface area contributed by atoms with E-state index in [0.29, 0.717) is 10.3 Å². The van der Waals surface area contributed by atoms with Crippen LogP contribution in [0.4, 0.5) is 10.2 Å². The maximum absolute atomic E-state index is 12.3. The summed E-state index contributed by atoms with van der Waals surface area (Å²) < 4.78 is 12.8. The van der Waals surface area contributed by atoms with E-state index in [0.717, 1.165) is 6.20 Å². The third kappa shape index (κ3) is 1.43. The van der Waals surface area contributed by atoms with E-state index in [1.165, 1.54) is 6.07 Å². The number of nitrogens with zero attached hydrogens (tertiary/aromatic N) is 1. The first-order chi connectivity index (χ1) is 4.74. The lowest BCUT2D eigenvalue weighted by molar-refractivity contribution is 0.620. The average Bonchev–Trinajstić information content (AvgIpc) is 1.88.